The first-order valence-electron chi connectivity index (χ1n) is 6.10. The fourth-order valence-corrected chi connectivity index (χ4v) is 1.80. The van der Waals surface area contributed by atoms with E-state index in [2.05, 4.69) is 21.6 Å². The summed E-state index contributed by atoms with van der Waals surface area (Å²) in [5.74, 6) is 0.644. The van der Waals surface area contributed by atoms with Crippen LogP contribution in [0.2, 0.25) is 0 Å². The Kier molecular flexibility index (Phi) is 4.09. The van der Waals surface area contributed by atoms with Crippen LogP contribution in [0.5, 0.6) is 0 Å². The summed E-state index contributed by atoms with van der Waals surface area (Å²) in [6.07, 6.45) is -3.00. The van der Waals surface area contributed by atoms with Crippen molar-refractivity contribution in [2.45, 2.75) is 25.9 Å². The Bertz CT molecular complexity index is 548. The Labute approximate surface area is 108 Å². The van der Waals surface area contributed by atoms with Crippen molar-refractivity contribution in [3.8, 4) is 0 Å². The first-order chi connectivity index (χ1) is 8.98. The van der Waals surface area contributed by atoms with E-state index in [1.807, 2.05) is 18.2 Å². The van der Waals surface area contributed by atoms with Crippen LogP contribution in [0.15, 0.2) is 18.2 Å². The standard InChI is InChI=1S/C13H15F3N2O/c1-2-9-3-4-10-11(7-9)18-12(17-10)5-6-19-8-13(14,15)16/h3-4,7H,2,5-6,8H2,1H3,(H,17,18). The molecule has 3 nitrogen and oxygen atoms in total. The van der Waals surface area contributed by atoms with Crippen molar-refractivity contribution in [1.82, 2.24) is 9.97 Å². The van der Waals surface area contributed by atoms with E-state index in [0.717, 1.165) is 17.5 Å². The molecule has 0 saturated heterocycles. The lowest BCUT2D eigenvalue weighted by Crippen LogP contribution is -2.18. The van der Waals surface area contributed by atoms with Crippen molar-refractivity contribution in [3.05, 3.63) is 29.6 Å². The molecule has 1 heterocycles. The summed E-state index contributed by atoms with van der Waals surface area (Å²) in [6.45, 7) is 0.844. The zero-order chi connectivity index (χ0) is 13.9. The van der Waals surface area contributed by atoms with Gasteiger partial charge in [0, 0.05) is 6.42 Å². The summed E-state index contributed by atoms with van der Waals surface area (Å²) in [5, 5.41) is 0. The van der Waals surface area contributed by atoms with Crippen molar-refractivity contribution < 1.29 is 17.9 Å². The number of rotatable bonds is 5. The monoisotopic (exact) mass is 272 g/mol. The van der Waals surface area contributed by atoms with Crippen LogP contribution in [0.3, 0.4) is 0 Å². The quantitative estimate of drug-likeness (QED) is 0.848. The van der Waals surface area contributed by atoms with Gasteiger partial charge in [0.25, 0.3) is 0 Å². The lowest BCUT2D eigenvalue weighted by atomic mass is 10.1. The van der Waals surface area contributed by atoms with Crippen molar-refractivity contribution in [3.63, 3.8) is 0 Å². The maximum Gasteiger partial charge on any atom is 0.411 e. The maximum absolute atomic E-state index is 11.9. The second-order valence-corrected chi connectivity index (χ2v) is 4.31. The molecule has 2 rings (SSSR count). The highest BCUT2D eigenvalue weighted by molar-refractivity contribution is 5.75. The predicted octanol–water partition coefficient (Wildman–Crippen LogP) is 3.25. The molecule has 1 N–H and O–H groups in total. The molecule has 0 fully saturated rings. The number of hydrogen-bond acceptors (Lipinski definition) is 2. The number of aromatic nitrogens is 2. The summed E-state index contributed by atoms with van der Waals surface area (Å²) in [7, 11) is 0. The maximum atomic E-state index is 11.9. The average Bonchev–Trinajstić information content (AvgIpc) is 2.75. The summed E-state index contributed by atoms with van der Waals surface area (Å²) >= 11 is 0. The van der Waals surface area contributed by atoms with Crippen LogP contribution in [0.25, 0.3) is 11.0 Å². The molecule has 0 aliphatic heterocycles. The molecule has 0 unspecified atom stereocenters. The molecule has 0 amide bonds. The lowest BCUT2D eigenvalue weighted by Gasteiger charge is -2.06. The molecular formula is C13H15F3N2O. The fourth-order valence-electron chi connectivity index (χ4n) is 1.80. The number of aromatic amines is 1. The normalized spacial score (nSPS) is 12.2. The molecule has 0 radical (unpaired) electrons. The second-order valence-electron chi connectivity index (χ2n) is 4.31. The number of H-pyrrole nitrogens is 1. The molecule has 0 bridgehead atoms. The van der Waals surface area contributed by atoms with E-state index < -0.39 is 12.8 Å². The summed E-state index contributed by atoms with van der Waals surface area (Å²) in [6, 6.07) is 5.90. The number of nitrogens with zero attached hydrogens (tertiary/aromatic N) is 1. The number of nitrogens with one attached hydrogen (secondary N) is 1. The van der Waals surface area contributed by atoms with Crippen LogP contribution < -0.4 is 0 Å². The largest absolute Gasteiger partial charge is 0.411 e. The molecule has 0 atom stereocenters. The van der Waals surface area contributed by atoms with Gasteiger partial charge in [-0.05, 0) is 24.1 Å². The molecule has 104 valence electrons. The Morgan fingerprint density at radius 1 is 1.32 bits per heavy atom. The summed E-state index contributed by atoms with van der Waals surface area (Å²) in [4.78, 5) is 7.40. The van der Waals surface area contributed by atoms with Gasteiger partial charge >= 0.3 is 6.18 Å². The lowest BCUT2D eigenvalue weighted by molar-refractivity contribution is -0.173. The Balaban J connectivity index is 1.94. The highest BCUT2D eigenvalue weighted by Crippen LogP contribution is 2.16. The van der Waals surface area contributed by atoms with Crippen LogP contribution >= 0.6 is 0 Å². The number of aryl methyl sites for hydroxylation is 1. The number of ether oxygens (including phenoxy) is 1. The number of alkyl halides is 3. The van der Waals surface area contributed by atoms with Gasteiger partial charge in [-0.2, -0.15) is 13.2 Å². The SMILES string of the molecule is CCc1ccc2nc(CCOCC(F)(F)F)[nH]c2c1. The van der Waals surface area contributed by atoms with Crippen LogP contribution in [-0.4, -0.2) is 29.4 Å². The molecule has 0 aliphatic rings. The number of fused-ring (bicyclic) bond motifs is 1. The third-order valence-corrected chi connectivity index (χ3v) is 2.75. The van der Waals surface area contributed by atoms with Crippen molar-refractivity contribution in [1.29, 1.82) is 0 Å². The van der Waals surface area contributed by atoms with E-state index in [1.54, 1.807) is 0 Å². The first kappa shape index (κ1) is 13.9. The Morgan fingerprint density at radius 2 is 2.11 bits per heavy atom. The zero-order valence-electron chi connectivity index (χ0n) is 10.5. The minimum absolute atomic E-state index is 0.0000329. The number of imidazole rings is 1. The van der Waals surface area contributed by atoms with Gasteiger partial charge < -0.3 is 9.72 Å². The average molecular weight is 272 g/mol. The topological polar surface area (TPSA) is 37.9 Å². The van der Waals surface area contributed by atoms with Gasteiger partial charge in [-0.25, -0.2) is 4.98 Å². The third-order valence-electron chi connectivity index (χ3n) is 2.75. The highest BCUT2D eigenvalue weighted by atomic mass is 19.4. The molecular weight excluding hydrogens is 257 g/mol. The molecule has 6 heteroatoms. The molecule has 2 aromatic rings. The molecule has 1 aromatic heterocycles. The van der Waals surface area contributed by atoms with Gasteiger partial charge in [0.05, 0.1) is 17.6 Å². The fraction of sp³-hybridized carbons (Fsp3) is 0.462. The molecule has 0 saturated carbocycles. The van der Waals surface area contributed by atoms with Gasteiger partial charge in [-0.15, -0.1) is 0 Å². The minimum atomic E-state index is -4.27. The predicted molar refractivity (Wildman–Crippen MR) is 66.0 cm³/mol. The van der Waals surface area contributed by atoms with E-state index in [-0.39, 0.29) is 6.61 Å². The highest BCUT2D eigenvalue weighted by Gasteiger charge is 2.27. The van der Waals surface area contributed by atoms with Crippen molar-refractivity contribution in [2.75, 3.05) is 13.2 Å². The van der Waals surface area contributed by atoms with Gasteiger partial charge in [-0.3, -0.25) is 0 Å². The molecule has 0 aliphatic carbocycles. The Morgan fingerprint density at radius 3 is 2.79 bits per heavy atom. The molecule has 19 heavy (non-hydrogen) atoms. The summed E-state index contributed by atoms with van der Waals surface area (Å²) in [5.41, 5.74) is 2.92. The van der Waals surface area contributed by atoms with Gasteiger partial charge in [0.1, 0.15) is 12.4 Å². The number of halogens is 3. The van der Waals surface area contributed by atoms with Crippen LogP contribution in [0, 0.1) is 0 Å². The van der Waals surface area contributed by atoms with Gasteiger partial charge in [0.15, 0.2) is 0 Å². The number of benzene rings is 1. The van der Waals surface area contributed by atoms with Crippen molar-refractivity contribution >= 4 is 11.0 Å². The van der Waals surface area contributed by atoms with Gasteiger partial charge in [0.2, 0.25) is 0 Å². The van der Waals surface area contributed by atoms with Gasteiger partial charge in [-0.1, -0.05) is 13.0 Å². The first-order valence-corrected chi connectivity index (χ1v) is 6.10. The van der Waals surface area contributed by atoms with Crippen LogP contribution in [-0.2, 0) is 17.6 Å². The minimum Gasteiger partial charge on any atom is -0.372 e. The van der Waals surface area contributed by atoms with E-state index in [9.17, 15) is 13.2 Å². The zero-order valence-corrected chi connectivity index (χ0v) is 10.5. The molecule has 1 aromatic carbocycles. The van der Waals surface area contributed by atoms with Crippen molar-refractivity contribution in [2.24, 2.45) is 0 Å². The second kappa shape index (κ2) is 5.61. The third kappa shape index (κ3) is 3.96. The molecule has 0 spiro atoms. The van der Waals surface area contributed by atoms with E-state index in [1.165, 1.54) is 5.56 Å². The van der Waals surface area contributed by atoms with Crippen LogP contribution in [0.1, 0.15) is 18.3 Å². The van der Waals surface area contributed by atoms with E-state index in [0.29, 0.717) is 12.2 Å². The summed E-state index contributed by atoms with van der Waals surface area (Å²) < 4.78 is 40.2. The van der Waals surface area contributed by atoms with E-state index >= 15 is 0 Å². The van der Waals surface area contributed by atoms with E-state index in [4.69, 9.17) is 0 Å². The van der Waals surface area contributed by atoms with Crippen LogP contribution in [0.4, 0.5) is 13.2 Å². The smallest absolute Gasteiger partial charge is 0.372 e. The Hall–Kier alpha value is -1.56. The number of hydrogen-bond donors (Lipinski definition) is 1.